The quantitative estimate of drug-likeness (QED) is 0.151. The van der Waals surface area contributed by atoms with Crippen molar-refractivity contribution in [2.75, 3.05) is 10.8 Å². The molecule has 4 aromatic rings. The lowest BCUT2D eigenvalue weighted by atomic mass is 10.0. The van der Waals surface area contributed by atoms with Crippen molar-refractivity contribution < 1.29 is 18.0 Å². The highest BCUT2D eigenvalue weighted by atomic mass is 35.5. The number of carbonyl (C=O) groups is 2. The molecule has 0 fully saturated rings. The zero-order valence-electron chi connectivity index (χ0n) is 26.2. The summed E-state index contributed by atoms with van der Waals surface area (Å²) in [6.07, 6.45) is 1.44. The molecule has 0 aromatic heterocycles. The van der Waals surface area contributed by atoms with Crippen molar-refractivity contribution in [3.63, 3.8) is 0 Å². The largest absolute Gasteiger partial charge is 0.352 e. The number of hydrogen-bond donors (Lipinski definition) is 1. The van der Waals surface area contributed by atoms with Gasteiger partial charge in [-0.25, -0.2) is 8.42 Å². The van der Waals surface area contributed by atoms with Crippen LogP contribution in [0.25, 0.3) is 0 Å². The van der Waals surface area contributed by atoms with Crippen LogP contribution in [0.15, 0.2) is 108 Å². The lowest BCUT2D eigenvalue weighted by Gasteiger charge is -2.35. The van der Waals surface area contributed by atoms with Gasteiger partial charge in [-0.05, 0) is 66.8 Å². The number of rotatable bonds is 14. The van der Waals surface area contributed by atoms with Crippen LogP contribution in [-0.2, 0) is 39.0 Å². The average molecular weight is 681 g/mol. The fourth-order valence-electron chi connectivity index (χ4n) is 5.11. The third-order valence-electron chi connectivity index (χ3n) is 7.88. The summed E-state index contributed by atoms with van der Waals surface area (Å²) in [7, 11) is -4.19. The molecular weight excluding hydrogens is 641 g/mol. The lowest BCUT2D eigenvalue weighted by molar-refractivity contribution is -0.140. The zero-order valence-corrected chi connectivity index (χ0v) is 28.5. The summed E-state index contributed by atoms with van der Waals surface area (Å²) < 4.78 is 29.6. The Labute approximate surface area is 282 Å². The molecule has 2 atom stereocenters. The minimum Gasteiger partial charge on any atom is -0.352 e. The highest BCUT2D eigenvalue weighted by molar-refractivity contribution is 7.92. The molecule has 0 aliphatic carbocycles. The number of nitrogens with one attached hydrogen (secondary N) is 1. The van der Waals surface area contributed by atoms with Crippen molar-refractivity contribution in [3.8, 4) is 0 Å². The Morgan fingerprint density at radius 1 is 0.826 bits per heavy atom. The van der Waals surface area contributed by atoms with Gasteiger partial charge in [-0.3, -0.25) is 13.9 Å². The van der Waals surface area contributed by atoms with E-state index in [1.165, 1.54) is 17.0 Å². The van der Waals surface area contributed by atoms with Crippen molar-refractivity contribution in [2.24, 2.45) is 0 Å². The molecule has 10 heteroatoms. The Hall–Kier alpha value is -3.85. The summed E-state index contributed by atoms with van der Waals surface area (Å²) in [5.41, 5.74) is 2.57. The summed E-state index contributed by atoms with van der Waals surface area (Å²) in [6, 6.07) is 28.4. The zero-order chi connectivity index (χ0) is 33.3. The van der Waals surface area contributed by atoms with E-state index in [1.807, 2.05) is 63.2 Å². The van der Waals surface area contributed by atoms with Gasteiger partial charge < -0.3 is 10.2 Å². The number of anilines is 1. The monoisotopic (exact) mass is 679 g/mol. The molecular formula is C36H39Cl2N3O4S. The fraction of sp³-hybridized carbons (Fsp3) is 0.278. The van der Waals surface area contributed by atoms with Gasteiger partial charge in [0, 0.05) is 29.1 Å². The third kappa shape index (κ3) is 8.69. The van der Waals surface area contributed by atoms with Crippen molar-refractivity contribution in [3.05, 3.63) is 130 Å². The van der Waals surface area contributed by atoms with E-state index in [0.717, 1.165) is 15.4 Å². The standard InChI is InChI=1S/C36H39Cl2N3O4S/c1-4-26(3)39-36(43)34(22-27-14-8-6-9-15-27)40(24-29-20-21-30(37)23-32(29)38)35(42)25-41(33-19-13-12-16-28(33)5-2)46(44,45)31-17-10-7-11-18-31/h6-21,23,26,34H,4-5,22,24-25H2,1-3H3,(H,39,43)/t26-,34-/m0/s1. The molecule has 0 saturated carbocycles. The summed E-state index contributed by atoms with van der Waals surface area (Å²) in [5.74, 6) is -0.903. The van der Waals surface area contributed by atoms with Gasteiger partial charge in [0.25, 0.3) is 10.0 Å². The Morgan fingerprint density at radius 3 is 2.09 bits per heavy atom. The topological polar surface area (TPSA) is 86.8 Å². The normalized spacial score (nSPS) is 12.6. The van der Waals surface area contributed by atoms with E-state index < -0.39 is 28.5 Å². The van der Waals surface area contributed by atoms with E-state index in [1.54, 1.807) is 48.5 Å². The van der Waals surface area contributed by atoms with Gasteiger partial charge >= 0.3 is 0 Å². The van der Waals surface area contributed by atoms with E-state index in [2.05, 4.69) is 5.32 Å². The molecule has 1 N–H and O–H groups in total. The van der Waals surface area contributed by atoms with Crippen molar-refractivity contribution in [1.82, 2.24) is 10.2 Å². The van der Waals surface area contributed by atoms with E-state index >= 15 is 0 Å². The van der Waals surface area contributed by atoms with Gasteiger partial charge in [0.05, 0.1) is 10.6 Å². The second-order valence-corrected chi connectivity index (χ2v) is 13.8. The third-order valence-corrected chi connectivity index (χ3v) is 10.2. The molecule has 0 bridgehead atoms. The SMILES string of the molecule is CCc1ccccc1N(CC(=O)N(Cc1ccc(Cl)cc1Cl)[C@@H](Cc1ccccc1)C(=O)N[C@@H](C)CC)S(=O)(=O)c1ccccc1. The number of amides is 2. The average Bonchev–Trinajstić information content (AvgIpc) is 3.06. The van der Waals surface area contributed by atoms with Gasteiger partial charge in [-0.1, -0.05) is 110 Å². The Balaban J connectivity index is 1.85. The lowest BCUT2D eigenvalue weighted by Crippen LogP contribution is -2.54. The maximum atomic E-state index is 14.6. The molecule has 0 aliphatic rings. The van der Waals surface area contributed by atoms with Crippen LogP contribution in [0.4, 0.5) is 5.69 Å². The number of hydrogen-bond acceptors (Lipinski definition) is 4. The summed E-state index contributed by atoms with van der Waals surface area (Å²) in [4.78, 5) is 30.1. The van der Waals surface area contributed by atoms with Crippen LogP contribution in [0.1, 0.15) is 43.9 Å². The minimum absolute atomic E-state index is 0.0467. The van der Waals surface area contributed by atoms with Gasteiger partial charge in [-0.15, -0.1) is 0 Å². The van der Waals surface area contributed by atoms with Crippen LogP contribution in [-0.4, -0.2) is 43.8 Å². The number of para-hydroxylation sites is 1. The molecule has 0 heterocycles. The van der Waals surface area contributed by atoms with Gasteiger partial charge in [-0.2, -0.15) is 0 Å². The summed E-state index contributed by atoms with van der Waals surface area (Å²) in [5, 5.41) is 3.79. The van der Waals surface area contributed by atoms with Crippen LogP contribution >= 0.6 is 23.2 Å². The number of carbonyl (C=O) groups excluding carboxylic acids is 2. The Bertz CT molecular complexity index is 1740. The van der Waals surface area contributed by atoms with E-state index in [4.69, 9.17) is 23.2 Å². The smallest absolute Gasteiger partial charge is 0.264 e. The predicted molar refractivity (Wildman–Crippen MR) is 186 cm³/mol. The molecule has 0 aliphatic heterocycles. The molecule has 4 aromatic carbocycles. The molecule has 46 heavy (non-hydrogen) atoms. The van der Waals surface area contributed by atoms with Gasteiger partial charge in [0.2, 0.25) is 11.8 Å². The predicted octanol–water partition coefficient (Wildman–Crippen LogP) is 7.31. The summed E-state index contributed by atoms with van der Waals surface area (Å²) in [6.45, 7) is 5.20. The molecule has 0 radical (unpaired) electrons. The maximum absolute atomic E-state index is 14.6. The second kappa shape index (κ2) is 16.1. The molecule has 7 nitrogen and oxygen atoms in total. The van der Waals surface area contributed by atoms with Crippen LogP contribution in [0.2, 0.25) is 10.0 Å². The molecule has 2 amide bonds. The Morgan fingerprint density at radius 2 is 1.46 bits per heavy atom. The first-order valence-corrected chi connectivity index (χ1v) is 17.5. The van der Waals surface area contributed by atoms with Crippen molar-refractivity contribution in [1.29, 1.82) is 0 Å². The molecule has 0 unspecified atom stereocenters. The van der Waals surface area contributed by atoms with E-state index in [-0.39, 0.29) is 29.8 Å². The first-order chi connectivity index (χ1) is 22.0. The number of halogens is 2. The second-order valence-electron chi connectivity index (χ2n) is 11.1. The number of nitrogens with zero attached hydrogens (tertiary/aromatic N) is 2. The van der Waals surface area contributed by atoms with Gasteiger partial charge in [0.1, 0.15) is 12.6 Å². The first kappa shape index (κ1) is 35.0. The van der Waals surface area contributed by atoms with Gasteiger partial charge in [0.15, 0.2) is 0 Å². The highest BCUT2D eigenvalue weighted by Crippen LogP contribution is 2.29. The highest BCUT2D eigenvalue weighted by Gasteiger charge is 2.35. The van der Waals surface area contributed by atoms with Crippen molar-refractivity contribution >= 4 is 50.7 Å². The molecule has 242 valence electrons. The summed E-state index contributed by atoms with van der Waals surface area (Å²) >= 11 is 12.8. The van der Waals surface area contributed by atoms with Crippen molar-refractivity contribution in [2.45, 2.75) is 63.6 Å². The fourth-order valence-corrected chi connectivity index (χ4v) is 7.06. The Kier molecular flexibility index (Phi) is 12.3. The van der Waals surface area contributed by atoms with Crippen LogP contribution in [0.5, 0.6) is 0 Å². The van der Waals surface area contributed by atoms with E-state index in [0.29, 0.717) is 34.1 Å². The molecule has 0 saturated heterocycles. The van der Waals surface area contributed by atoms with Crippen LogP contribution < -0.4 is 9.62 Å². The van der Waals surface area contributed by atoms with Crippen LogP contribution in [0.3, 0.4) is 0 Å². The number of benzene rings is 4. The number of aryl methyl sites for hydroxylation is 1. The van der Waals surface area contributed by atoms with Crippen LogP contribution in [0, 0.1) is 0 Å². The molecule has 0 spiro atoms. The number of sulfonamides is 1. The molecule has 4 rings (SSSR count). The first-order valence-electron chi connectivity index (χ1n) is 15.3. The maximum Gasteiger partial charge on any atom is 0.264 e. The van der Waals surface area contributed by atoms with E-state index in [9.17, 15) is 18.0 Å². The minimum atomic E-state index is -4.19.